The van der Waals surface area contributed by atoms with E-state index in [-0.39, 0.29) is 12.5 Å². The molecule has 7 heteroatoms. The summed E-state index contributed by atoms with van der Waals surface area (Å²) in [4.78, 5) is 17.3. The van der Waals surface area contributed by atoms with Gasteiger partial charge in [-0.25, -0.2) is 0 Å². The van der Waals surface area contributed by atoms with Gasteiger partial charge in [0.25, 0.3) is 0 Å². The van der Waals surface area contributed by atoms with Crippen LogP contribution < -0.4 is 5.32 Å². The first-order valence-electron chi connectivity index (χ1n) is 8.15. The van der Waals surface area contributed by atoms with Crippen LogP contribution in [0.4, 0.5) is 0 Å². The van der Waals surface area contributed by atoms with Crippen molar-refractivity contribution in [2.45, 2.75) is 24.8 Å². The minimum Gasteiger partial charge on any atom is -0.347 e. The van der Waals surface area contributed by atoms with Crippen molar-refractivity contribution in [3.8, 4) is 11.4 Å². The zero-order chi connectivity index (χ0) is 18.4. The molecule has 0 bridgehead atoms. The second-order valence-electron chi connectivity index (χ2n) is 5.71. The maximum Gasteiger partial charge on any atom is 0.246 e. The average molecular weight is 388 g/mol. The van der Waals surface area contributed by atoms with Gasteiger partial charge in [-0.05, 0) is 31.2 Å². The third-order valence-electron chi connectivity index (χ3n) is 3.63. The number of rotatable bonds is 7. The molecule has 1 amide bonds. The van der Waals surface area contributed by atoms with Gasteiger partial charge in [0.15, 0.2) is 0 Å². The molecule has 0 spiro atoms. The van der Waals surface area contributed by atoms with Crippen molar-refractivity contribution in [3.05, 3.63) is 65.0 Å². The molecule has 1 heterocycles. The molecule has 3 aromatic rings. The Hall–Kier alpha value is -2.31. The Morgan fingerprint density at radius 1 is 1.15 bits per heavy atom. The van der Waals surface area contributed by atoms with Crippen molar-refractivity contribution in [2.24, 2.45) is 0 Å². The number of aryl methyl sites for hydroxylation is 1. The quantitative estimate of drug-likeness (QED) is 0.604. The largest absolute Gasteiger partial charge is 0.347 e. The van der Waals surface area contributed by atoms with E-state index in [9.17, 15) is 4.79 Å². The predicted molar refractivity (Wildman–Crippen MR) is 103 cm³/mol. The predicted octanol–water partition coefficient (Wildman–Crippen LogP) is 4.50. The topological polar surface area (TPSA) is 68.0 Å². The molecular formula is C19H18ClN3O2S. The molecule has 134 valence electrons. The molecule has 0 aliphatic carbocycles. The third-order valence-corrected chi connectivity index (χ3v) is 4.89. The number of hydrogen-bond donors (Lipinski definition) is 1. The van der Waals surface area contributed by atoms with Gasteiger partial charge < -0.3 is 9.84 Å². The molecule has 0 saturated carbocycles. The molecular weight excluding hydrogens is 370 g/mol. The van der Waals surface area contributed by atoms with Crippen LogP contribution in [-0.2, 0) is 11.3 Å². The van der Waals surface area contributed by atoms with Gasteiger partial charge >= 0.3 is 0 Å². The number of amides is 1. The van der Waals surface area contributed by atoms with E-state index < -0.39 is 0 Å². The number of carbonyl (C=O) groups is 1. The summed E-state index contributed by atoms with van der Waals surface area (Å²) < 4.78 is 5.19. The van der Waals surface area contributed by atoms with Gasteiger partial charge in [-0.2, -0.15) is 4.98 Å². The van der Waals surface area contributed by atoms with Crippen LogP contribution in [0.5, 0.6) is 0 Å². The van der Waals surface area contributed by atoms with Crippen LogP contribution >= 0.6 is 23.4 Å². The van der Waals surface area contributed by atoms with Crippen molar-refractivity contribution >= 4 is 29.3 Å². The first-order valence-corrected chi connectivity index (χ1v) is 9.51. The van der Waals surface area contributed by atoms with E-state index >= 15 is 0 Å². The summed E-state index contributed by atoms with van der Waals surface area (Å²) in [7, 11) is 0. The second kappa shape index (κ2) is 8.87. The Bertz CT molecular complexity index is 863. The molecule has 1 aromatic heterocycles. The number of nitrogens with zero attached hydrogens (tertiary/aromatic N) is 2. The standard InChI is InChI=1S/C19H18ClN3O2S/c1-13-2-4-14(5-3-13)19-22-18(25-23-19)12-21-17(24)10-11-26-16-8-6-15(20)7-9-16/h2-9H,10-12H2,1H3,(H,21,24). The lowest BCUT2D eigenvalue weighted by molar-refractivity contribution is -0.120. The van der Waals surface area contributed by atoms with Crippen LogP contribution in [0.2, 0.25) is 5.02 Å². The summed E-state index contributed by atoms with van der Waals surface area (Å²) in [6, 6.07) is 15.4. The van der Waals surface area contributed by atoms with Crippen LogP contribution in [0, 0.1) is 6.92 Å². The minimum atomic E-state index is -0.0541. The lowest BCUT2D eigenvalue weighted by Crippen LogP contribution is -2.23. The minimum absolute atomic E-state index is 0.0541. The number of hydrogen-bond acceptors (Lipinski definition) is 5. The summed E-state index contributed by atoms with van der Waals surface area (Å²) in [5, 5.41) is 7.45. The van der Waals surface area contributed by atoms with Crippen molar-refractivity contribution in [1.29, 1.82) is 0 Å². The van der Waals surface area contributed by atoms with Crippen molar-refractivity contribution < 1.29 is 9.32 Å². The molecule has 0 atom stereocenters. The second-order valence-corrected chi connectivity index (χ2v) is 7.31. The highest BCUT2D eigenvalue weighted by Gasteiger charge is 2.10. The molecule has 1 N–H and O–H groups in total. The smallest absolute Gasteiger partial charge is 0.246 e. The van der Waals surface area contributed by atoms with E-state index in [2.05, 4.69) is 15.5 Å². The molecule has 3 rings (SSSR count). The highest BCUT2D eigenvalue weighted by Crippen LogP contribution is 2.21. The van der Waals surface area contributed by atoms with Gasteiger partial charge in [-0.1, -0.05) is 46.6 Å². The van der Waals surface area contributed by atoms with E-state index in [0.717, 1.165) is 10.5 Å². The van der Waals surface area contributed by atoms with E-state index in [0.29, 0.717) is 28.9 Å². The lowest BCUT2D eigenvalue weighted by atomic mass is 10.1. The van der Waals surface area contributed by atoms with Gasteiger partial charge in [0.2, 0.25) is 17.6 Å². The van der Waals surface area contributed by atoms with E-state index in [1.807, 2.05) is 55.5 Å². The fourth-order valence-corrected chi connectivity index (χ4v) is 3.18. The van der Waals surface area contributed by atoms with Gasteiger partial charge in [-0.3, -0.25) is 4.79 Å². The molecule has 0 radical (unpaired) electrons. The SMILES string of the molecule is Cc1ccc(-c2noc(CNC(=O)CCSc3ccc(Cl)cc3)n2)cc1. The summed E-state index contributed by atoms with van der Waals surface area (Å²) in [5.74, 6) is 1.54. The maximum atomic E-state index is 11.9. The summed E-state index contributed by atoms with van der Waals surface area (Å²) in [6.45, 7) is 2.25. The monoisotopic (exact) mass is 387 g/mol. The highest BCUT2D eigenvalue weighted by molar-refractivity contribution is 7.99. The Labute approximate surface area is 161 Å². The highest BCUT2D eigenvalue weighted by atomic mass is 35.5. The van der Waals surface area contributed by atoms with Gasteiger partial charge in [0, 0.05) is 27.7 Å². The zero-order valence-electron chi connectivity index (χ0n) is 14.2. The zero-order valence-corrected chi connectivity index (χ0v) is 15.8. The Balaban J connectivity index is 1.43. The van der Waals surface area contributed by atoms with Crippen molar-refractivity contribution in [2.75, 3.05) is 5.75 Å². The van der Waals surface area contributed by atoms with Crippen LogP contribution in [0.15, 0.2) is 57.9 Å². The number of benzene rings is 2. The van der Waals surface area contributed by atoms with Crippen molar-refractivity contribution in [1.82, 2.24) is 15.5 Å². The fraction of sp³-hybridized carbons (Fsp3) is 0.211. The Morgan fingerprint density at radius 3 is 2.62 bits per heavy atom. The number of thioether (sulfide) groups is 1. The van der Waals surface area contributed by atoms with Crippen LogP contribution in [-0.4, -0.2) is 21.8 Å². The van der Waals surface area contributed by atoms with E-state index in [1.54, 1.807) is 11.8 Å². The number of nitrogens with one attached hydrogen (secondary N) is 1. The van der Waals surface area contributed by atoms with Gasteiger partial charge in [-0.15, -0.1) is 11.8 Å². The maximum absolute atomic E-state index is 11.9. The number of aromatic nitrogens is 2. The summed E-state index contributed by atoms with van der Waals surface area (Å²) in [6.07, 6.45) is 0.409. The van der Waals surface area contributed by atoms with Crippen LogP contribution in [0.25, 0.3) is 11.4 Å². The van der Waals surface area contributed by atoms with Gasteiger partial charge in [0.1, 0.15) is 0 Å². The summed E-state index contributed by atoms with van der Waals surface area (Å²) >= 11 is 7.46. The number of carbonyl (C=O) groups excluding carboxylic acids is 1. The molecule has 0 aliphatic heterocycles. The lowest BCUT2D eigenvalue weighted by Gasteiger charge is -2.03. The van der Waals surface area contributed by atoms with E-state index in [4.69, 9.17) is 16.1 Å². The molecule has 0 aliphatic rings. The first-order chi connectivity index (χ1) is 12.6. The molecule has 5 nitrogen and oxygen atoms in total. The molecule has 26 heavy (non-hydrogen) atoms. The van der Waals surface area contributed by atoms with Crippen LogP contribution in [0.1, 0.15) is 17.9 Å². The Morgan fingerprint density at radius 2 is 1.88 bits per heavy atom. The third kappa shape index (κ3) is 5.34. The van der Waals surface area contributed by atoms with Crippen LogP contribution in [0.3, 0.4) is 0 Å². The Kier molecular flexibility index (Phi) is 6.30. The average Bonchev–Trinajstić information content (AvgIpc) is 3.11. The molecule has 0 saturated heterocycles. The molecule has 0 fully saturated rings. The van der Waals surface area contributed by atoms with E-state index in [1.165, 1.54) is 5.56 Å². The first kappa shape index (κ1) is 18.5. The molecule has 2 aromatic carbocycles. The fourth-order valence-electron chi connectivity index (χ4n) is 2.20. The van der Waals surface area contributed by atoms with Crippen molar-refractivity contribution in [3.63, 3.8) is 0 Å². The van der Waals surface area contributed by atoms with Gasteiger partial charge in [0.05, 0.1) is 6.54 Å². The number of halogens is 1. The summed E-state index contributed by atoms with van der Waals surface area (Å²) in [5.41, 5.74) is 2.05. The molecule has 0 unspecified atom stereocenters. The normalized spacial score (nSPS) is 10.7.